The van der Waals surface area contributed by atoms with Crippen LogP contribution in [0.4, 0.5) is 24.5 Å². The van der Waals surface area contributed by atoms with Crippen molar-refractivity contribution in [2.24, 2.45) is 11.3 Å². The molecule has 0 radical (unpaired) electrons. The van der Waals surface area contributed by atoms with Gasteiger partial charge in [0.05, 0.1) is 40.0 Å². The lowest BCUT2D eigenvalue weighted by atomic mass is 9.85. The molecule has 0 bridgehead atoms. The number of nitrogens with one attached hydrogen (secondary N) is 4. The minimum atomic E-state index is -4.37. The van der Waals surface area contributed by atoms with Gasteiger partial charge in [-0.15, -0.1) is 11.3 Å². The number of aromatic amines is 1. The predicted octanol–water partition coefficient (Wildman–Crippen LogP) is 6.90. The lowest BCUT2D eigenvalue weighted by Crippen LogP contribution is -2.58. The molecule has 4 aliphatic rings. The normalized spacial score (nSPS) is 20.1. The maximum atomic E-state index is 15.8. The van der Waals surface area contributed by atoms with Crippen molar-refractivity contribution in [2.45, 2.75) is 90.7 Å². The van der Waals surface area contributed by atoms with Crippen LogP contribution >= 0.6 is 11.3 Å². The van der Waals surface area contributed by atoms with Gasteiger partial charge in [0.1, 0.15) is 29.7 Å². The monoisotopic (exact) mass is 1170 g/mol. The summed E-state index contributed by atoms with van der Waals surface area (Å²) in [5.74, 6) is -4.04. The highest BCUT2D eigenvalue weighted by Gasteiger charge is 2.45. The molecule has 3 amide bonds. The molecule has 4 saturated heterocycles. The highest BCUT2D eigenvalue weighted by atomic mass is 32.2. The number of H-pyrrole nitrogens is 1. The average Bonchev–Trinajstić information content (AvgIpc) is 4.33. The number of aryl methyl sites for hydroxylation is 1. The number of aliphatic hydroxyl groups is 1. The Morgan fingerprint density at radius 2 is 1.59 bits per heavy atom. The molecule has 436 valence electrons. The fourth-order valence-corrected chi connectivity index (χ4v) is 13.6. The first-order valence-corrected chi connectivity index (χ1v) is 30.3. The molecule has 18 nitrogen and oxygen atoms in total. The summed E-state index contributed by atoms with van der Waals surface area (Å²) in [7, 11) is -4.37. The van der Waals surface area contributed by atoms with Crippen molar-refractivity contribution in [3.05, 3.63) is 119 Å². The summed E-state index contributed by atoms with van der Waals surface area (Å²) in [6.07, 6.45) is 3.82. The third kappa shape index (κ3) is 13.2. The number of ketones is 1. The van der Waals surface area contributed by atoms with Crippen molar-refractivity contribution in [2.75, 3.05) is 81.6 Å². The molecule has 3 aromatic carbocycles. The maximum Gasteiger partial charge on any atom is 0.301 e. The average molecular weight is 1170 g/mol. The molecule has 0 unspecified atom stereocenters. The molecule has 6 aromatic rings. The molecule has 5 N–H and O–H groups in total. The van der Waals surface area contributed by atoms with E-state index in [0.29, 0.717) is 22.5 Å². The molecule has 0 saturated carbocycles. The van der Waals surface area contributed by atoms with Gasteiger partial charge < -0.3 is 30.5 Å². The van der Waals surface area contributed by atoms with E-state index in [1.165, 1.54) is 11.1 Å². The number of piperazine rings is 1. The van der Waals surface area contributed by atoms with Crippen LogP contribution in [0.15, 0.2) is 84.6 Å². The molecular formula is C59H70F3N11O7S2. The second kappa shape index (κ2) is 24.6. The summed E-state index contributed by atoms with van der Waals surface area (Å²) >= 11 is 1.57. The Morgan fingerprint density at radius 1 is 0.866 bits per heavy atom. The van der Waals surface area contributed by atoms with E-state index < -0.39 is 75.2 Å². The fourth-order valence-electron chi connectivity index (χ4n) is 11.5. The van der Waals surface area contributed by atoms with E-state index in [1.807, 2.05) is 86.5 Å². The lowest BCUT2D eigenvalue weighted by molar-refractivity contribution is -0.144. The van der Waals surface area contributed by atoms with Crippen molar-refractivity contribution in [3.63, 3.8) is 0 Å². The van der Waals surface area contributed by atoms with Crippen LogP contribution in [0.5, 0.6) is 0 Å². The Morgan fingerprint density at radius 3 is 2.26 bits per heavy atom. The number of benzene rings is 3. The number of carbonyl (C=O) groups is 4. The van der Waals surface area contributed by atoms with Crippen LogP contribution in [0, 0.1) is 29.9 Å². The second-order valence-electron chi connectivity index (χ2n) is 23.1. The number of rotatable bonds is 18. The number of halogens is 3. The number of carbonyl (C=O) groups excluding carboxylic acids is 4. The number of thiazole rings is 1. The minimum Gasteiger partial charge on any atom is -0.391 e. The van der Waals surface area contributed by atoms with Crippen LogP contribution in [0.3, 0.4) is 0 Å². The summed E-state index contributed by atoms with van der Waals surface area (Å²) in [5, 5.41) is 17.0. The van der Waals surface area contributed by atoms with Gasteiger partial charge in [-0.1, -0.05) is 57.2 Å². The molecule has 0 spiro atoms. The summed E-state index contributed by atoms with van der Waals surface area (Å²) in [6.45, 7) is 13.6. The van der Waals surface area contributed by atoms with Crippen LogP contribution in [-0.2, 0) is 31.1 Å². The zero-order valence-electron chi connectivity index (χ0n) is 46.5. The van der Waals surface area contributed by atoms with Gasteiger partial charge in [0, 0.05) is 93.4 Å². The van der Waals surface area contributed by atoms with E-state index in [1.54, 1.807) is 23.6 Å². The Kier molecular flexibility index (Phi) is 17.5. The smallest absolute Gasteiger partial charge is 0.301 e. The summed E-state index contributed by atoms with van der Waals surface area (Å²) < 4.78 is 73.4. The number of aliphatic hydroxyl groups excluding tert-OH is 1. The maximum absolute atomic E-state index is 15.8. The summed E-state index contributed by atoms with van der Waals surface area (Å²) in [4.78, 5) is 76.4. The SMILES string of the molecule is Cc1ncsc1-c1ccc(CNC(=O)[C@@H]2C[C@@H](O)CN2C(=O)[C@@H](NC(=O)CN2CCC(CCN3CCN(c4ccc(-c5cnc6[nH]cc(C(=O)c7c(F)ccc(NS(=O)(=O)N8CC[C@@H](F)C8)c7F)c6c5)cc4)CC3)CC2)C(C)(C)C)cc1. The van der Waals surface area contributed by atoms with Gasteiger partial charge in [-0.25, -0.2) is 23.1 Å². The number of amides is 3. The standard InChI is InChI=1S/C59H70F3N11O7S2/c1-36-54(81-35-66-36)40-7-5-38(6-8-40)29-65-57(77)49-28-44(74)33-73(49)58(78)55(59(2,3)4)67-50(75)34-70-20-16-37(17-21-70)15-19-69-23-25-71(26-24-69)43-11-9-39(10-12-43)41-27-45-46(31-64-56(45)63-30-41)53(76)51-47(61)13-14-48(52(51)62)68-82(79,80)72-22-18-42(60)32-72/h5-14,27,30-31,35,37,42,44,49,55,68,74H,15-26,28-29,32-34H2,1-4H3,(H,63,64)(H,65,77)(H,67,75)/t42-,44-,49+,55-/m1/s1. The van der Waals surface area contributed by atoms with Crippen molar-refractivity contribution in [3.8, 4) is 21.6 Å². The van der Waals surface area contributed by atoms with E-state index in [-0.39, 0.29) is 62.3 Å². The van der Waals surface area contributed by atoms with Gasteiger partial charge in [0.15, 0.2) is 5.82 Å². The molecule has 4 aliphatic heterocycles. The quantitative estimate of drug-likeness (QED) is 0.0556. The van der Waals surface area contributed by atoms with Crippen LogP contribution in [0.1, 0.15) is 80.1 Å². The number of pyridine rings is 1. The first-order chi connectivity index (χ1) is 39.2. The van der Waals surface area contributed by atoms with Crippen molar-refractivity contribution in [1.29, 1.82) is 0 Å². The Labute approximate surface area is 479 Å². The zero-order valence-corrected chi connectivity index (χ0v) is 48.1. The van der Waals surface area contributed by atoms with Gasteiger partial charge in [-0.05, 0) is 111 Å². The first kappa shape index (κ1) is 58.4. The fraction of sp³-hybridized carbons (Fsp3) is 0.458. The topological polar surface area (TPSA) is 217 Å². The number of piperidine rings is 1. The highest BCUT2D eigenvalue weighted by molar-refractivity contribution is 7.90. The number of nitrogens with zero attached hydrogens (tertiary/aromatic N) is 7. The number of β-amino-alcohol motifs (C(OH)–C–C–N with tert-alkyl or cyclic N) is 1. The van der Waals surface area contributed by atoms with Gasteiger partial charge in [-0.2, -0.15) is 12.7 Å². The van der Waals surface area contributed by atoms with E-state index in [9.17, 15) is 37.1 Å². The third-order valence-electron chi connectivity index (χ3n) is 16.3. The lowest BCUT2D eigenvalue weighted by Gasteiger charge is -2.38. The summed E-state index contributed by atoms with van der Waals surface area (Å²) in [5.41, 5.74) is 5.28. The number of hydrogen-bond donors (Lipinski definition) is 5. The van der Waals surface area contributed by atoms with Gasteiger partial charge in [-0.3, -0.25) is 33.7 Å². The van der Waals surface area contributed by atoms with Crippen molar-refractivity contribution >= 4 is 67.5 Å². The Bertz CT molecular complexity index is 3410. The van der Waals surface area contributed by atoms with Gasteiger partial charge in [0.2, 0.25) is 23.5 Å². The molecule has 4 fully saturated rings. The van der Waals surface area contributed by atoms with Crippen molar-refractivity contribution < 1.29 is 45.9 Å². The number of alkyl halides is 1. The van der Waals surface area contributed by atoms with Crippen LogP contribution in [-0.4, -0.2) is 167 Å². The van der Waals surface area contributed by atoms with E-state index >= 15 is 8.78 Å². The Balaban J connectivity index is 0.664. The minimum absolute atomic E-state index is 0.00355. The number of hydrogen-bond acceptors (Lipinski definition) is 13. The molecule has 0 aliphatic carbocycles. The Hall–Kier alpha value is -6.76. The van der Waals surface area contributed by atoms with Crippen LogP contribution < -0.4 is 20.3 Å². The van der Waals surface area contributed by atoms with E-state index in [2.05, 4.69) is 40.3 Å². The van der Waals surface area contributed by atoms with Gasteiger partial charge in [0.25, 0.3) is 0 Å². The van der Waals surface area contributed by atoms with Crippen LogP contribution in [0.2, 0.25) is 0 Å². The molecule has 3 aromatic heterocycles. The van der Waals surface area contributed by atoms with Crippen molar-refractivity contribution in [1.82, 2.24) is 44.6 Å². The molecule has 4 atom stereocenters. The molecule has 7 heterocycles. The third-order valence-corrected chi connectivity index (χ3v) is 18.8. The molecule has 23 heteroatoms. The number of fused-ring (bicyclic) bond motifs is 1. The molecule has 10 rings (SSSR count). The predicted molar refractivity (Wildman–Crippen MR) is 309 cm³/mol. The first-order valence-electron chi connectivity index (χ1n) is 28.0. The van der Waals surface area contributed by atoms with Gasteiger partial charge >= 0.3 is 10.2 Å². The number of likely N-dealkylation sites (tertiary alicyclic amines) is 2. The molecular weight excluding hydrogens is 1100 g/mol. The summed E-state index contributed by atoms with van der Waals surface area (Å²) in [6, 6.07) is 17.5. The van der Waals surface area contributed by atoms with Crippen LogP contribution in [0.25, 0.3) is 32.6 Å². The highest BCUT2D eigenvalue weighted by Crippen LogP contribution is 2.33. The van der Waals surface area contributed by atoms with E-state index in [4.69, 9.17) is 0 Å². The molecule has 82 heavy (non-hydrogen) atoms. The number of aromatic nitrogens is 3. The zero-order chi connectivity index (χ0) is 58.0. The largest absolute Gasteiger partial charge is 0.391 e. The number of anilines is 2. The van der Waals surface area contributed by atoms with E-state index in [0.717, 1.165) is 114 Å². The second-order valence-corrected chi connectivity index (χ2v) is 25.6.